The second kappa shape index (κ2) is 11.8. The van der Waals surface area contributed by atoms with Gasteiger partial charge < -0.3 is 5.11 Å². The second-order valence-electron chi connectivity index (χ2n) is 11.4. The zero-order chi connectivity index (χ0) is 23.2. The molecule has 3 unspecified atom stereocenters. The molecule has 33 heavy (non-hydrogen) atoms. The zero-order valence-electron chi connectivity index (χ0n) is 20.6. The van der Waals surface area contributed by atoms with E-state index in [9.17, 15) is 14.3 Å². The number of rotatable bonds is 8. The van der Waals surface area contributed by atoms with Gasteiger partial charge in [0.15, 0.2) is 0 Å². The summed E-state index contributed by atoms with van der Waals surface area (Å²) in [6.45, 7) is 4.17. The van der Waals surface area contributed by atoms with Crippen LogP contribution in [0.2, 0.25) is 0 Å². The van der Waals surface area contributed by atoms with Crippen LogP contribution < -0.4 is 0 Å². The SMILES string of the molecule is Cc1cc(C2C(CC(=O)O)CCCC2N(CC2CCCCC2)CC2CCCCC2)ccc1F. The number of hydrogen-bond donors (Lipinski definition) is 1. The molecule has 0 heterocycles. The molecule has 0 aromatic heterocycles. The summed E-state index contributed by atoms with van der Waals surface area (Å²) in [5.41, 5.74) is 1.83. The first kappa shape index (κ1) is 24.7. The summed E-state index contributed by atoms with van der Waals surface area (Å²) >= 11 is 0. The Kier molecular flexibility index (Phi) is 8.85. The minimum atomic E-state index is -0.699. The van der Waals surface area contributed by atoms with Crippen LogP contribution in [0.5, 0.6) is 0 Å². The fourth-order valence-corrected chi connectivity index (χ4v) is 7.24. The lowest BCUT2D eigenvalue weighted by atomic mass is 9.69. The van der Waals surface area contributed by atoms with Gasteiger partial charge >= 0.3 is 5.97 Å². The molecule has 3 aliphatic rings. The maximum absolute atomic E-state index is 14.1. The van der Waals surface area contributed by atoms with E-state index < -0.39 is 5.97 Å². The van der Waals surface area contributed by atoms with Crippen LogP contribution in [0.1, 0.15) is 107 Å². The van der Waals surface area contributed by atoms with Gasteiger partial charge in [-0.15, -0.1) is 0 Å². The lowest BCUT2D eigenvalue weighted by molar-refractivity contribution is -0.138. The molecule has 3 atom stereocenters. The van der Waals surface area contributed by atoms with E-state index in [1.807, 2.05) is 19.1 Å². The van der Waals surface area contributed by atoms with Crippen molar-refractivity contribution in [1.29, 1.82) is 0 Å². The molecule has 0 saturated heterocycles. The van der Waals surface area contributed by atoms with Gasteiger partial charge in [-0.3, -0.25) is 9.69 Å². The van der Waals surface area contributed by atoms with Crippen molar-refractivity contribution in [2.45, 2.75) is 109 Å². The maximum atomic E-state index is 14.1. The quantitative estimate of drug-likeness (QED) is 0.444. The second-order valence-corrected chi connectivity index (χ2v) is 11.4. The van der Waals surface area contributed by atoms with Crippen molar-refractivity contribution in [1.82, 2.24) is 4.90 Å². The minimum Gasteiger partial charge on any atom is -0.481 e. The number of carbonyl (C=O) groups is 1. The first-order chi connectivity index (χ1) is 16.0. The topological polar surface area (TPSA) is 40.5 Å². The van der Waals surface area contributed by atoms with E-state index in [4.69, 9.17) is 0 Å². The monoisotopic (exact) mass is 457 g/mol. The minimum absolute atomic E-state index is 0.131. The maximum Gasteiger partial charge on any atom is 0.303 e. The first-order valence-corrected chi connectivity index (χ1v) is 13.7. The van der Waals surface area contributed by atoms with Crippen LogP contribution >= 0.6 is 0 Å². The van der Waals surface area contributed by atoms with E-state index in [0.717, 1.165) is 49.8 Å². The van der Waals surface area contributed by atoms with Crippen molar-refractivity contribution in [3.63, 3.8) is 0 Å². The number of benzene rings is 1. The molecule has 0 spiro atoms. The van der Waals surface area contributed by atoms with Crippen LogP contribution in [0.3, 0.4) is 0 Å². The molecule has 0 amide bonds. The highest BCUT2D eigenvalue weighted by Crippen LogP contribution is 2.44. The van der Waals surface area contributed by atoms with Crippen molar-refractivity contribution >= 4 is 5.97 Å². The Balaban J connectivity index is 1.63. The van der Waals surface area contributed by atoms with Crippen molar-refractivity contribution < 1.29 is 14.3 Å². The van der Waals surface area contributed by atoms with Crippen LogP contribution in [0.15, 0.2) is 18.2 Å². The Morgan fingerprint density at radius 3 is 2.06 bits per heavy atom. The molecule has 3 saturated carbocycles. The van der Waals surface area contributed by atoms with Gasteiger partial charge in [-0.25, -0.2) is 4.39 Å². The largest absolute Gasteiger partial charge is 0.481 e. The zero-order valence-corrected chi connectivity index (χ0v) is 20.6. The molecule has 1 aromatic carbocycles. The van der Waals surface area contributed by atoms with E-state index >= 15 is 0 Å². The molecule has 4 heteroatoms. The number of nitrogens with zero attached hydrogens (tertiary/aromatic N) is 1. The summed E-state index contributed by atoms with van der Waals surface area (Å²) < 4.78 is 14.1. The lowest BCUT2D eigenvalue weighted by Crippen LogP contribution is -2.48. The van der Waals surface area contributed by atoms with Crippen molar-refractivity contribution in [3.8, 4) is 0 Å². The van der Waals surface area contributed by atoms with Crippen LogP contribution in [0.4, 0.5) is 4.39 Å². The standard InChI is InChI=1S/C29H44FNO2/c1-21-17-25(15-16-26(21)30)29-24(18-28(32)33)13-8-14-27(29)31(19-22-9-4-2-5-10-22)20-23-11-6-3-7-12-23/h15-17,22-24,27,29H,2-14,18-20H2,1H3,(H,32,33). The van der Waals surface area contributed by atoms with E-state index in [1.165, 1.54) is 64.2 Å². The van der Waals surface area contributed by atoms with Gasteiger partial charge in [0.05, 0.1) is 0 Å². The average Bonchev–Trinajstić information content (AvgIpc) is 2.81. The van der Waals surface area contributed by atoms with Crippen LogP contribution in [0.25, 0.3) is 0 Å². The van der Waals surface area contributed by atoms with Gasteiger partial charge in [-0.05, 0) is 80.4 Å². The summed E-state index contributed by atoms with van der Waals surface area (Å²) in [5.74, 6) is 1.00. The summed E-state index contributed by atoms with van der Waals surface area (Å²) in [6.07, 6.45) is 17.0. The molecular weight excluding hydrogens is 413 g/mol. The molecule has 3 fully saturated rings. The Labute approximate surface area is 200 Å². The fraction of sp³-hybridized carbons (Fsp3) is 0.759. The Morgan fingerprint density at radius 2 is 1.52 bits per heavy atom. The van der Waals surface area contributed by atoms with Gasteiger partial charge in [-0.1, -0.05) is 57.1 Å². The highest BCUT2D eigenvalue weighted by atomic mass is 19.1. The average molecular weight is 458 g/mol. The predicted molar refractivity (Wildman–Crippen MR) is 132 cm³/mol. The number of halogens is 1. The highest BCUT2D eigenvalue weighted by molar-refractivity contribution is 5.67. The van der Waals surface area contributed by atoms with Gasteiger partial charge in [0, 0.05) is 31.5 Å². The number of carboxylic acids is 1. The van der Waals surface area contributed by atoms with E-state index in [1.54, 1.807) is 6.07 Å². The van der Waals surface area contributed by atoms with Gasteiger partial charge in [-0.2, -0.15) is 0 Å². The molecular formula is C29H44FNO2. The molecule has 1 N–H and O–H groups in total. The smallest absolute Gasteiger partial charge is 0.303 e. The summed E-state index contributed by atoms with van der Waals surface area (Å²) in [7, 11) is 0. The van der Waals surface area contributed by atoms with E-state index in [2.05, 4.69) is 4.90 Å². The number of aryl methyl sites for hydroxylation is 1. The molecule has 3 nitrogen and oxygen atoms in total. The normalized spacial score (nSPS) is 27.7. The van der Waals surface area contributed by atoms with Gasteiger partial charge in [0.2, 0.25) is 0 Å². The molecule has 0 aliphatic heterocycles. The molecule has 0 bridgehead atoms. The van der Waals surface area contributed by atoms with Crippen LogP contribution in [0, 0.1) is 30.5 Å². The predicted octanol–water partition coefficient (Wildman–Crippen LogP) is 7.32. The van der Waals surface area contributed by atoms with Crippen molar-refractivity contribution in [2.24, 2.45) is 17.8 Å². The number of carboxylic acid groups (broad SMARTS) is 1. The fourth-order valence-electron chi connectivity index (χ4n) is 7.24. The Bertz CT molecular complexity index is 749. The highest BCUT2D eigenvalue weighted by Gasteiger charge is 2.40. The van der Waals surface area contributed by atoms with Crippen molar-refractivity contribution in [2.75, 3.05) is 13.1 Å². The third kappa shape index (κ3) is 6.59. The number of hydrogen-bond acceptors (Lipinski definition) is 2. The first-order valence-electron chi connectivity index (χ1n) is 13.7. The molecule has 1 aromatic rings. The Hall–Kier alpha value is -1.42. The van der Waals surface area contributed by atoms with Crippen LogP contribution in [-0.2, 0) is 4.79 Å². The van der Waals surface area contributed by atoms with Gasteiger partial charge in [0.1, 0.15) is 5.82 Å². The van der Waals surface area contributed by atoms with Gasteiger partial charge in [0.25, 0.3) is 0 Å². The third-order valence-electron chi connectivity index (χ3n) is 8.90. The lowest BCUT2D eigenvalue weighted by Gasteiger charge is -2.47. The molecule has 4 rings (SSSR count). The number of aliphatic carboxylic acids is 1. The molecule has 184 valence electrons. The third-order valence-corrected chi connectivity index (χ3v) is 8.90. The van der Waals surface area contributed by atoms with E-state index in [0.29, 0.717) is 11.6 Å². The summed E-state index contributed by atoms with van der Waals surface area (Å²) in [5, 5.41) is 9.70. The van der Waals surface area contributed by atoms with Crippen molar-refractivity contribution in [3.05, 3.63) is 35.1 Å². The van der Waals surface area contributed by atoms with Crippen LogP contribution in [-0.4, -0.2) is 35.1 Å². The van der Waals surface area contributed by atoms with E-state index in [-0.39, 0.29) is 24.1 Å². The summed E-state index contributed by atoms with van der Waals surface area (Å²) in [4.78, 5) is 14.6. The Morgan fingerprint density at radius 1 is 0.909 bits per heavy atom. The molecule has 0 radical (unpaired) electrons. The summed E-state index contributed by atoms with van der Waals surface area (Å²) in [6, 6.07) is 5.92. The molecule has 3 aliphatic carbocycles.